The van der Waals surface area contributed by atoms with Gasteiger partial charge >= 0.3 is 0 Å². The van der Waals surface area contributed by atoms with Crippen molar-refractivity contribution >= 4 is 51.3 Å². The van der Waals surface area contributed by atoms with Gasteiger partial charge < -0.3 is 5.73 Å². The summed E-state index contributed by atoms with van der Waals surface area (Å²) in [6, 6.07) is 3.70. The maximum absolute atomic E-state index is 5.81. The van der Waals surface area contributed by atoms with Crippen LogP contribution in [0.2, 0.25) is 4.34 Å². The maximum Gasteiger partial charge on any atom is 0.171 e. The molecule has 72 valence electrons. The van der Waals surface area contributed by atoms with Crippen LogP contribution >= 0.6 is 45.5 Å². The van der Waals surface area contributed by atoms with E-state index in [2.05, 4.69) is 32.6 Å². The largest absolute Gasteiger partial charge is 0.383 e. The molecule has 6 heteroatoms. The van der Waals surface area contributed by atoms with Crippen LogP contribution < -0.4 is 5.73 Å². The zero-order valence-electron chi connectivity index (χ0n) is 6.87. The van der Waals surface area contributed by atoms with Gasteiger partial charge in [0, 0.05) is 6.20 Å². The minimum absolute atomic E-state index is 0.500. The Morgan fingerprint density at radius 2 is 2.21 bits per heavy atom. The van der Waals surface area contributed by atoms with Crippen LogP contribution in [0.15, 0.2) is 18.3 Å². The molecule has 0 atom stereocenters. The molecule has 2 heterocycles. The number of hydrogen-bond acceptors (Lipinski definition) is 4. The predicted octanol–water partition coefficient (Wildman–Crippen LogP) is 3.05. The lowest BCUT2D eigenvalue weighted by molar-refractivity contribution is 1.18. The van der Waals surface area contributed by atoms with E-state index in [1.165, 1.54) is 11.3 Å². The summed E-state index contributed by atoms with van der Waals surface area (Å²) in [7, 11) is 0. The number of nitrogens with zero attached hydrogens (tertiary/aromatic N) is 2. The van der Waals surface area contributed by atoms with Crippen LogP contribution in [0.1, 0.15) is 0 Å². The number of thiophene rings is 1. The summed E-state index contributed by atoms with van der Waals surface area (Å²) in [4.78, 5) is 9.27. The van der Waals surface area contributed by atoms with Crippen molar-refractivity contribution < 1.29 is 0 Å². The Morgan fingerprint density at radius 1 is 1.43 bits per heavy atom. The van der Waals surface area contributed by atoms with Gasteiger partial charge in [0.25, 0.3) is 0 Å². The highest BCUT2D eigenvalue weighted by Gasteiger charge is 2.06. The molecule has 0 aliphatic carbocycles. The van der Waals surface area contributed by atoms with Gasteiger partial charge in [-0.1, -0.05) is 11.6 Å². The number of nitrogens with two attached hydrogens (primary N) is 1. The van der Waals surface area contributed by atoms with E-state index in [1.54, 1.807) is 6.20 Å². The average molecular weight is 338 g/mol. The standard InChI is InChI=1S/C8H5ClIN3S/c9-6-2-1-5(14-6)8-12-3-4(10)7(11)13-8/h1-3H,(H2,11,12,13). The van der Waals surface area contributed by atoms with Gasteiger partial charge in [-0.3, -0.25) is 0 Å². The number of anilines is 1. The van der Waals surface area contributed by atoms with E-state index in [4.69, 9.17) is 17.3 Å². The van der Waals surface area contributed by atoms with Crippen molar-refractivity contribution in [3.8, 4) is 10.7 Å². The molecule has 0 radical (unpaired) electrons. The van der Waals surface area contributed by atoms with Crippen LogP contribution in [0.25, 0.3) is 10.7 Å². The number of hydrogen-bond donors (Lipinski definition) is 1. The lowest BCUT2D eigenvalue weighted by Gasteiger charge is -1.98. The van der Waals surface area contributed by atoms with Crippen molar-refractivity contribution in [3.05, 3.63) is 26.2 Å². The molecule has 0 amide bonds. The Kier molecular flexibility index (Phi) is 2.89. The van der Waals surface area contributed by atoms with Crippen molar-refractivity contribution in [3.63, 3.8) is 0 Å². The van der Waals surface area contributed by atoms with E-state index >= 15 is 0 Å². The first-order valence-corrected chi connectivity index (χ1v) is 5.98. The van der Waals surface area contributed by atoms with E-state index in [-0.39, 0.29) is 0 Å². The summed E-state index contributed by atoms with van der Waals surface area (Å²) < 4.78 is 1.58. The van der Waals surface area contributed by atoms with Gasteiger partial charge in [-0.25, -0.2) is 9.97 Å². The molecular weight excluding hydrogens is 333 g/mol. The fourth-order valence-corrected chi connectivity index (χ4v) is 2.18. The molecule has 0 saturated carbocycles. The molecule has 3 nitrogen and oxygen atoms in total. The lowest BCUT2D eigenvalue weighted by atomic mass is 10.4. The van der Waals surface area contributed by atoms with Crippen molar-refractivity contribution in [2.45, 2.75) is 0 Å². The summed E-state index contributed by atoms with van der Waals surface area (Å²) in [6.45, 7) is 0. The monoisotopic (exact) mass is 337 g/mol. The van der Waals surface area contributed by atoms with Crippen molar-refractivity contribution in [1.82, 2.24) is 9.97 Å². The molecule has 0 spiro atoms. The summed E-state index contributed by atoms with van der Waals surface area (Å²) in [5.41, 5.74) is 5.68. The van der Waals surface area contributed by atoms with E-state index in [9.17, 15) is 0 Å². The molecule has 2 rings (SSSR count). The summed E-state index contributed by atoms with van der Waals surface area (Å²) in [6.07, 6.45) is 1.70. The molecular formula is C8H5ClIN3S. The number of rotatable bonds is 1. The van der Waals surface area contributed by atoms with Crippen molar-refractivity contribution in [2.24, 2.45) is 0 Å². The average Bonchev–Trinajstić information content (AvgIpc) is 2.57. The second-order valence-electron chi connectivity index (χ2n) is 2.53. The molecule has 14 heavy (non-hydrogen) atoms. The van der Waals surface area contributed by atoms with Gasteiger partial charge in [-0.2, -0.15) is 0 Å². The summed E-state index contributed by atoms with van der Waals surface area (Å²) in [5, 5.41) is 0. The Morgan fingerprint density at radius 3 is 2.79 bits per heavy atom. The Labute approximate surface area is 103 Å². The predicted molar refractivity (Wildman–Crippen MR) is 67.5 cm³/mol. The fourth-order valence-electron chi connectivity index (χ4n) is 0.934. The quantitative estimate of drug-likeness (QED) is 0.814. The number of nitrogen functional groups attached to an aromatic ring is 1. The third kappa shape index (κ3) is 1.99. The van der Waals surface area contributed by atoms with Crippen LogP contribution in [-0.4, -0.2) is 9.97 Å². The van der Waals surface area contributed by atoms with Crippen LogP contribution in [-0.2, 0) is 0 Å². The van der Waals surface area contributed by atoms with Crippen molar-refractivity contribution in [2.75, 3.05) is 5.73 Å². The maximum atomic E-state index is 5.81. The van der Waals surface area contributed by atoms with E-state index in [0.717, 1.165) is 12.8 Å². The van der Waals surface area contributed by atoms with E-state index in [0.29, 0.717) is 11.6 Å². The highest BCUT2D eigenvalue weighted by atomic mass is 127. The molecule has 2 aromatic rings. The molecule has 0 aliphatic rings. The molecule has 0 aliphatic heterocycles. The van der Waals surface area contributed by atoms with Gasteiger partial charge in [0.15, 0.2) is 5.82 Å². The van der Waals surface area contributed by atoms with Crippen molar-refractivity contribution in [1.29, 1.82) is 0 Å². The van der Waals surface area contributed by atoms with Crippen LogP contribution in [0.5, 0.6) is 0 Å². The molecule has 0 saturated heterocycles. The van der Waals surface area contributed by atoms with Crippen LogP contribution in [0.3, 0.4) is 0 Å². The first kappa shape index (κ1) is 10.1. The topological polar surface area (TPSA) is 51.8 Å². The SMILES string of the molecule is Nc1nc(-c2ccc(Cl)s2)ncc1I. The van der Waals surface area contributed by atoms with Crippen LogP contribution in [0, 0.1) is 3.57 Å². The van der Waals surface area contributed by atoms with Gasteiger partial charge in [0.2, 0.25) is 0 Å². The zero-order valence-corrected chi connectivity index (χ0v) is 10.6. The van der Waals surface area contributed by atoms with Gasteiger partial charge in [-0.05, 0) is 34.7 Å². The third-order valence-corrected chi connectivity index (χ3v) is 3.62. The molecule has 2 N–H and O–H groups in total. The third-order valence-electron chi connectivity index (χ3n) is 1.56. The first-order chi connectivity index (χ1) is 6.66. The molecule has 0 aromatic carbocycles. The second-order valence-corrected chi connectivity index (χ2v) is 5.41. The minimum Gasteiger partial charge on any atom is -0.383 e. The van der Waals surface area contributed by atoms with Gasteiger partial charge in [-0.15, -0.1) is 11.3 Å². The number of halogens is 2. The highest BCUT2D eigenvalue weighted by Crippen LogP contribution is 2.29. The van der Waals surface area contributed by atoms with E-state index < -0.39 is 0 Å². The lowest BCUT2D eigenvalue weighted by Crippen LogP contribution is -1.97. The van der Waals surface area contributed by atoms with Crippen LogP contribution in [0.4, 0.5) is 5.82 Å². The summed E-state index contributed by atoms with van der Waals surface area (Å²) in [5.74, 6) is 1.12. The molecule has 0 bridgehead atoms. The zero-order chi connectivity index (χ0) is 10.1. The smallest absolute Gasteiger partial charge is 0.171 e. The first-order valence-electron chi connectivity index (χ1n) is 3.70. The normalized spacial score (nSPS) is 10.4. The van der Waals surface area contributed by atoms with Gasteiger partial charge in [0.1, 0.15) is 5.82 Å². The van der Waals surface area contributed by atoms with Gasteiger partial charge in [0.05, 0.1) is 12.8 Å². The second kappa shape index (κ2) is 4.00. The molecule has 2 aromatic heterocycles. The molecule has 0 fully saturated rings. The van der Waals surface area contributed by atoms with E-state index in [1.807, 2.05) is 12.1 Å². The summed E-state index contributed by atoms with van der Waals surface area (Å²) >= 11 is 9.34. The minimum atomic E-state index is 0.500. The fraction of sp³-hybridized carbons (Fsp3) is 0. The Balaban J connectivity index is 2.47. The molecule has 0 unspecified atom stereocenters. The Hall–Kier alpha value is -0.400. The number of aromatic nitrogens is 2. The Bertz CT molecular complexity index is 471. The highest BCUT2D eigenvalue weighted by molar-refractivity contribution is 14.1.